The monoisotopic (exact) mass is 235 g/mol. The number of azide groups is 1. The molecule has 1 N–H and O–H groups in total. The summed E-state index contributed by atoms with van der Waals surface area (Å²) in [6.45, 7) is 5.05. The predicted octanol–water partition coefficient (Wildman–Crippen LogP) is 0.863. The second kappa shape index (κ2) is 7.47. The number of nitrogens with zero attached hydrogens (tertiary/aromatic N) is 4. The Bertz CT molecular complexity index is 305. The SMILES string of the molecule is CCN(CC)S(=O)(=O)NCCCN=[N+]=[N-]. The van der Waals surface area contributed by atoms with Crippen molar-refractivity contribution in [3.8, 4) is 0 Å². The molecule has 8 heteroatoms. The van der Waals surface area contributed by atoms with Crippen LogP contribution in [0.15, 0.2) is 5.11 Å². The molecule has 88 valence electrons. The minimum atomic E-state index is -3.36. The number of hydrogen-bond donors (Lipinski definition) is 1. The fraction of sp³-hybridized carbons (Fsp3) is 1.00. The highest BCUT2D eigenvalue weighted by Gasteiger charge is 2.16. The fourth-order valence-corrected chi connectivity index (χ4v) is 2.32. The Morgan fingerprint density at radius 1 is 1.40 bits per heavy atom. The van der Waals surface area contributed by atoms with Gasteiger partial charge in [0.15, 0.2) is 0 Å². The maximum absolute atomic E-state index is 11.5. The molecule has 0 spiro atoms. The van der Waals surface area contributed by atoms with Crippen molar-refractivity contribution in [2.75, 3.05) is 26.2 Å². The molecule has 0 rings (SSSR count). The summed E-state index contributed by atoms with van der Waals surface area (Å²) in [5.74, 6) is 0. The lowest BCUT2D eigenvalue weighted by atomic mass is 10.4. The Labute approximate surface area is 90.3 Å². The van der Waals surface area contributed by atoms with Crippen LogP contribution < -0.4 is 4.72 Å². The van der Waals surface area contributed by atoms with Gasteiger partial charge in [0.25, 0.3) is 10.2 Å². The lowest BCUT2D eigenvalue weighted by molar-refractivity contribution is 0.434. The average Bonchev–Trinajstić information content (AvgIpc) is 2.18. The van der Waals surface area contributed by atoms with E-state index in [1.165, 1.54) is 4.31 Å². The highest BCUT2D eigenvalue weighted by Crippen LogP contribution is 1.96. The summed E-state index contributed by atoms with van der Waals surface area (Å²) in [7, 11) is -3.36. The zero-order chi connectivity index (χ0) is 11.7. The van der Waals surface area contributed by atoms with Crippen LogP contribution in [0.4, 0.5) is 0 Å². The molecular weight excluding hydrogens is 218 g/mol. The molecule has 7 nitrogen and oxygen atoms in total. The van der Waals surface area contributed by atoms with E-state index < -0.39 is 10.2 Å². The van der Waals surface area contributed by atoms with Gasteiger partial charge in [-0.2, -0.15) is 12.7 Å². The summed E-state index contributed by atoms with van der Waals surface area (Å²) in [6, 6.07) is 0. The third-order valence-electron chi connectivity index (χ3n) is 1.83. The summed E-state index contributed by atoms with van der Waals surface area (Å²) < 4.78 is 26.8. The van der Waals surface area contributed by atoms with E-state index in [-0.39, 0.29) is 6.54 Å². The van der Waals surface area contributed by atoms with Crippen molar-refractivity contribution in [3.05, 3.63) is 10.4 Å². The maximum Gasteiger partial charge on any atom is 0.279 e. The number of rotatable bonds is 8. The minimum Gasteiger partial charge on any atom is -0.202 e. The van der Waals surface area contributed by atoms with Crippen molar-refractivity contribution in [1.29, 1.82) is 0 Å². The highest BCUT2D eigenvalue weighted by atomic mass is 32.2. The molecule has 0 aromatic carbocycles. The molecule has 0 aliphatic rings. The average molecular weight is 235 g/mol. The molecule has 0 unspecified atom stereocenters. The topological polar surface area (TPSA) is 98.2 Å². The van der Waals surface area contributed by atoms with Crippen LogP contribution >= 0.6 is 0 Å². The van der Waals surface area contributed by atoms with E-state index in [4.69, 9.17) is 5.53 Å². The van der Waals surface area contributed by atoms with Gasteiger partial charge in [0.2, 0.25) is 0 Å². The van der Waals surface area contributed by atoms with E-state index in [2.05, 4.69) is 14.7 Å². The molecule has 0 fully saturated rings. The quantitative estimate of drug-likeness (QED) is 0.292. The summed E-state index contributed by atoms with van der Waals surface area (Å²) in [4.78, 5) is 2.57. The van der Waals surface area contributed by atoms with Gasteiger partial charge >= 0.3 is 0 Å². The minimum absolute atomic E-state index is 0.290. The Hall–Kier alpha value is -0.820. The normalized spacial score (nSPS) is 11.4. The summed E-state index contributed by atoms with van der Waals surface area (Å²) in [5.41, 5.74) is 8.00. The van der Waals surface area contributed by atoms with E-state index in [1.54, 1.807) is 13.8 Å². The van der Waals surface area contributed by atoms with Crippen LogP contribution in [0.25, 0.3) is 10.4 Å². The van der Waals surface area contributed by atoms with Crippen LogP contribution in [0.3, 0.4) is 0 Å². The molecule has 0 aromatic heterocycles. The standard InChI is InChI=1S/C7H17N5O2S/c1-3-12(4-2)15(13,14)10-7-5-6-9-11-8/h10H,3-7H2,1-2H3. The van der Waals surface area contributed by atoms with Crippen molar-refractivity contribution >= 4 is 10.2 Å². The maximum atomic E-state index is 11.5. The predicted molar refractivity (Wildman–Crippen MR) is 58.5 cm³/mol. The molecule has 0 aromatic rings. The van der Waals surface area contributed by atoms with E-state index in [0.717, 1.165) is 0 Å². The smallest absolute Gasteiger partial charge is 0.202 e. The first-order valence-electron chi connectivity index (χ1n) is 4.84. The van der Waals surface area contributed by atoms with E-state index >= 15 is 0 Å². The molecule has 0 atom stereocenters. The zero-order valence-corrected chi connectivity index (χ0v) is 9.87. The lowest BCUT2D eigenvalue weighted by Gasteiger charge is -2.18. The van der Waals surface area contributed by atoms with Crippen molar-refractivity contribution < 1.29 is 8.42 Å². The van der Waals surface area contributed by atoms with E-state index in [0.29, 0.717) is 26.1 Å². The van der Waals surface area contributed by atoms with E-state index in [1.807, 2.05) is 0 Å². The molecule has 0 saturated carbocycles. The largest absolute Gasteiger partial charge is 0.279 e. The van der Waals surface area contributed by atoms with Crippen molar-refractivity contribution in [2.45, 2.75) is 20.3 Å². The Morgan fingerprint density at radius 3 is 2.47 bits per heavy atom. The first-order chi connectivity index (χ1) is 7.08. The van der Waals surface area contributed by atoms with Crippen LogP contribution in [0, 0.1) is 0 Å². The second-order valence-corrected chi connectivity index (χ2v) is 4.55. The number of nitrogens with one attached hydrogen (secondary N) is 1. The summed E-state index contributed by atoms with van der Waals surface area (Å²) in [5, 5.41) is 3.31. The second-order valence-electron chi connectivity index (χ2n) is 2.79. The van der Waals surface area contributed by atoms with Gasteiger partial charge < -0.3 is 0 Å². The molecule has 0 aliphatic heterocycles. The molecule has 0 bridgehead atoms. The third kappa shape index (κ3) is 5.58. The molecule has 0 aliphatic carbocycles. The van der Waals surface area contributed by atoms with Crippen LogP contribution in [0.2, 0.25) is 0 Å². The molecule has 0 heterocycles. The molecule has 0 saturated heterocycles. The van der Waals surface area contributed by atoms with Gasteiger partial charge in [-0.15, -0.1) is 0 Å². The first-order valence-corrected chi connectivity index (χ1v) is 6.28. The van der Waals surface area contributed by atoms with Gasteiger partial charge in [0, 0.05) is 31.1 Å². The van der Waals surface area contributed by atoms with Gasteiger partial charge in [-0.3, -0.25) is 0 Å². The highest BCUT2D eigenvalue weighted by molar-refractivity contribution is 7.87. The lowest BCUT2D eigenvalue weighted by Crippen LogP contribution is -2.40. The molecule has 0 amide bonds. The number of hydrogen-bond acceptors (Lipinski definition) is 3. The Morgan fingerprint density at radius 2 is 2.00 bits per heavy atom. The first kappa shape index (κ1) is 14.2. The van der Waals surface area contributed by atoms with Crippen LogP contribution in [-0.2, 0) is 10.2 Å². The van der Waals surface area contributed by atoms with Crippen molar-refractivity contribution in [1.82, 2.24) is 9.03 Å². The van der Waals surface area contributed by atoms with Crippen LogP contribution in [0.1, 0.15) is 20.3 Å². The Balaban J connectivity index is 3.98. The molecule has 0 radical (unpaired) electrons. The summed E-state index contributed by atoms with van der Waals surface area (Å²) >= 11 is 0. The van der Waals surface area contributed by atoms with Crippen LogP contribution in [0.5, 0.6) is 0 Å². The van der Waals surface area contributed by atoms with Gasteiger partial charge in [0.05, 0.1) is 0 Å². The molecular formula is C7H17N5O2S. The van der Waals surface area contributed by atoms with Gasteiger partial charge in [-0.25, -0.2) is 4.72 Å². The zero-order valence-electron chi connectivity index (χ0n) is 9.05. The van der Waals surface area contributed by atoms with E-state index in [9.17, 15) is 8.42 Å². The molecule has 15 heavy (non-hydrogen) atoms. The van der Waals surface area contributed by atoms with Crippen LogP contribution in [-0.4, -0.2) is 38.9 Å². The van der Waals surface area contributed by atoms with Gasteiger partial charge in [-0.1, -0.05) is 19.0 Å². The Kier molecular flexibility index (Phi) is 7.06. The van der Waals surface area contributed by atoms with Crippen molar-refractivity contribution in [3.63, 3.8) is 0 Å². The van der Waals surface area contributed by atoms with Crippen molar-refractivity contribution in [2.24, 2.45) is 5.11 Å². The fourth-order valence-electron chi connectivity index (χ4n) is 1.05. The summed E-state index contributed by atoms with van der Waals surface area (Å²) in [6.07, 6.45) is 0.505. The third-order valence-corrected chi connectivity index (χ3v) is 3.59. The van der Waals surface area contributed by atoms with Gasteiger partial charge in [-0.05, 0) is 12.0 Å². The van der Waals surface area contributed by atoms with Gasteiger partial charge in [0.1, 0.15) is 0 Å².